The highest BCUT2D eigenvalue weighted by atomic mass is 79.9. The molecule has 3 aromatic rings. The van der Waals surface area contributed by atoms with Gasteiger partial charge in [0.15, 0.2) is 0 Å². The predicted octanol–water partition coefficient (Wildman–Crippen LogP) is 5.97. The first-order chi connectivity index (χ1) is 17.5. The fourth-order valence-corrected chi connectivity index (χ4v) is 5.60. The van der Waals surface area contributed by atoms with Gasteiger partial charge < -0.3 is 14.4 Å². The summed E-state index contributed by atoms with van der Waals surface area (Å²) in [5.41, 5.74) is 3.47. The molecule has 0 aliphatic carbocycles. The zero-order chi connectivity index (χ0) is 25.5. The molecule has 0 aromatic heterocycles. The monoisotopic (exact) mass is 614 g/mol. The number of amides is 1. The molecule has 0 radical (unpaired) electrons. The third-order valence-corrected chi connectivity index (χ3v) is 8.25. The number of rotatable bonds is 9. The number of carbonyl (C=O) groups excluding carboxylic acids is 1. The number of methoxy groups -OCH3 is 2. The number of hydrogen-bond acceptors (Lipinski definition) is 4. The predicted molar refractivity (Wildman–Crippen MR) is 151 cm³/mol. The molecule has 0 spiro atoms. The molecule has 1 fully saturated rings. The topological polar surface area (TPSA) is 42.0 Å². The lowest BCUT2D eigenvalue weighted by Gasteiger charge is -2.36. The molecule has 0 N–H and O–H groups in total. The van der Waals surface area contributed by atoms with Crippen LogP contribution >= 0.6 is 31.9 Å². The minimum Gasteiger partial charge on any atom is -0.497 e. The molecule has 190 valence electrons. The molecule has 5 nitrogen and oxygen atoms in total. The molecule has 7 heteroatoms. The van der Waals surface area contributed by atoms with E-state index in [-0.39, 0.29) is 11.8 Å². The highest BCUT2D eigenvalue weighted by Crippen LogP contribution is 2.27. The third kappa shape index (κ3) is 6.90. The van der Waals surface area contributed by atoms with Crippen molar-refractivity contribution >= 4 is 37.8 Å². The molecule has 0 unspecified atom stereocenters. The van der Waals surface area contributed by atoms with Crippen molar-refractivity contribution in [1.82, 2.24) is 9.80 Å². The van der Waals surface area contributed by atoms with Crippen LogP contribution in [0.2, 0.25) is 0 Å². The van der Waals surface area contributed by atoms with E-state index in [2.05, 4.69) is 48.9 Å². The third-order valence-electron chi connectivity index (χ3n) is 6.70. The number of carbonyl (C=O) groups is 1. The van der Waals surface area contributed by atoms with Gasteiger partial charge >= 0.3 is 0 Å². The maximum Gasteiger partial charge on any atom is 0.226 e. The first-order valence-electron chi connectivity index (χ1n) is 12.2. The Morgan fingerprint density at radius 1 is 0.806 bits per heavy atom. The molecule has 4 rings (SSSR count). The zero-order valence-electron chi connectivity index (χ0n) is 20.8. The fraction of sp³-hybridized carbons (Fsp3) is 0.345. The number of benzene rings is 3. The Balaban J connectivity index is 1.44. The van der Waals surface area contributed by atoms with Gasteiger partial charge in [0.05, 0.1) is 14.2 Å². The van der Waals surface area contributed by atoms with Gasteiger partial charge in [-0.1, -0.05) is 68.3 Å². The van der Waals surface area contributed by atoms with E-state index in [9.17, 15) is 4.79 Å². The van der Waals surface area contributed by atoms with E-state index in [1.165, 1.54) is 0 Å². The van der Waals surface area contributed by atoms with E-state index in [0.29, 0.717) is 12.8 Å². The van der Waals surface area contributed by atoms with Crippen LogP contribution in [0.1, 0.15) is 16.7 Å². The molecule has 0 bridgehead atoms. The van der Waals surface area contributed by atoms with Crippen LogP contribution in [0.3, 0.4) is 0 Å². The average Bonchev–Trinajstić information content (AvgIpc) is 2.90. The SMILES string of the molecule is COc1cc(CN2CCN(C(=O)C(Cc3ccccc3Br)Cc3ccccc3Br)CC2)cc(OC)c1. The Hall–Kier alpha value is -2.35. The highest BCUT2D eigenvalue weighted by molar-refractivity contribution is 9.10. The largest absolute Gasteiger partial charge is 0.497 e. The van der Waals surface area contributed by atoms with Gasteiger partial charge in [0, 0.05) is 53.7 Å². The van der Waals surface area contributed by atoms with E-state index in [1.54, 1.807) is 14.2 Å². The van der Waals surface area contributed by atoms with E-state index in [0.717, 1.165) is 69.9 Å². The van der Waals surface area contributed by atoms with Gasteiger partial charge in [0.1, 0.15) is 11.5 Å². The molecule has 0 atom stereocenters. The van der Waals surface area contributed by atoms with Gasteiger partial charge in [-0.3, -0.25) is 9.69 Å². The molecular formula is C29H32Br2N2O3. The second kappa shape index (κ2) is 12.7. The molecule has 1 heterocycles. The molecule has 1 amide bonds. The maximum atomic E-state index is 13.8. The van der Waals surface area contributed by atoms with Gasteiger partial charge in [-0.05, 0) is 53.8 Å². The Morgan fingerprint density at radius 2 is 1.31 bits per heavy atom. The summed E-state index contributed by atoms with van der Waals surface area (Å²) in [7, 11) is 3.34. The second-order valence-corrected chi connectivity index (χ2v) is 10.8. The van der Waals surface area contributed by atoms with Crippen molar-refractivity contribution in [3.8, 4) is 11.5 Å². The van der Waals surface area contributed by atoms with E-state index in [1.807, 2.05) is 59.5 Å². The highest BCUT2D eigenvalue weighted by Gasteiger charge is 2.29. The summed E-state index contributed by atoms with van der Waals surface area (Å²) in [5, 5.41) is 0. The van der Waals surface area contributed by atoms with Crippen molar-refractivity contribution in [3.05, 3.63) is 92.4 Å². The summed E-state index contributed by atoms with van der Waals surface area (Å²) < 4.78 is 12.9. The Kier molecular flexibility index (Phi) is 9.46. The quantitative estimate of drug-likeness (QED) is 0.297. The zero-order valence-corrected chi connectivity index (χ0v) is 23.9. The summed E-state index contributed by atoms with van der Waals surface area (Å²) in [4.78, 5) is 18.2. The fourth-order valence-electron chi connectivity index (χ4n) is 4.71. The van der Waals surface area contributed by atoms with Crippen LogP contribution in [0.15, 0.2) is 75.7 Å². The first kappa shape index (κ1) is 26.7. The van der Waals surface area contributed by atoms with Crippen molar-refractivity contribution in [3.63, 3.8) is 0 Å². The lowest BCUT2D eigenvalue weighted by molar-refractivity contribution is -0.137. The molecule has 1 saturated heterocycles. The summed E-state index contributed by atoms with van der Waals surface area (Å²) in [5.74, 6) is 1.68. The number of halogens is 2. The molecule has 3 aromatic carbocycles. The number of hydrogen-bond donors (Lipinski definition) is 0. The lowest BCUT2D eigenvalue weighted by Crippen LogP contribution is -2.50. The Bertz CT molecular complexity index is 1110. The standard InChI is InChI=1S/C29H32Br2N2O3/c1-35-25-15-21(16-26(19-25)36-2)20-32-11-13-33(14-12-32)29(34)24(17-22-7-3-5-9-27(22)30)18-23-8-4-6-10-28(23)31/h3-10,15-16,19,24H,11-14,17-18,20H2,1-2H3. The van der Waals surface area contributed by atoms with Crippen LogP contribution in [-0.2, 0) is 24.2 Å². The lowest BCUT2D eigenvalue weighted by atomic mass is 9.91. The number of piperazine rings is 1. The first-order valence-corrected chi connectivity index (χ1v) is 13.8. The van der Waals surface area contributed by atoms with E-state index in [4.69, 9.17) is 9.47 Å². The van der Waals surface area contributed by atoms with Crippen molar-refractivity contribution in [2.24, 2.45) is 5.92 Å². The Labute approximate surface area is 230 Å². The van der Waals surface area contributed by atoms with E-state index < -0.39 is 0 Å². The molecule has 36 heavy (non-hydrogen) atoms. The van der Waals surface area contributed by atoms with Crippen LogP contribution in [0.4, 0.5) is 0 Å². The van der Waals surface area contributed by atoms with Gasteiger partial charge in [-0.2, -0.15) is 0 Å². The van der Waals surface area contributed by atoms with Crippen molar-refractivity contribution in [1.29, 1.82) is 0 Å². The van der Waals surface area contributed by atoms with Crippen LogP contribution in [0, 0.1) is 5.92 Å². The summed E-state index contributed by atoms with van der Waals surface area (Å²) in [6.45, 7) is 3.92. The van der Waals surface area contributed by atoms with Crippen molar-refractivity contribution in [2.45, 2.75) is 19.4 Å². The number of nitrogens with zero attached hydrogens (tertiary/aromatic N) is 2. The van der Waals surface area contributed by atoms with Crippen molar-refractivity contribution in [2.75, 3.05) is 40.4 Å². The average molecular weight is 616 g/mol. The van der Waals surface area contributed by atoms with Gasteiger partial charge in [0.2, 0.25) is 5.91 Å². The second-order valence-electron chi connectivity index (χ2n) is 9.11. The molecule has 1 aliphatic rings. The summed E-state index contributed by atoms with van der Waals surface area (Å²) in [6, 6.07) is 22.4. The summed E-state index contributed by atoms with van der Waals surface area (Å²) >= 11 is 7.34. The number of ether oxygens (including phenoxy) is 2. The van der Waals surface area contributed by atoms with Crippen LogP contribution in [0.5, 0.6) is 11.5 Å². The van der Waals surface area contributed by atoms with Gasteiger partial charge in [-0.25, -0.2) is 0 Å². The maximum absolute atomic E-state index is 13.8. The van der Waals surface area contributed by atoms with Gasteiger partial charge in [0.25, 0.3) is 0 Å². The minimum absolute atomic E-state index is 0.128. The Morgan fingerprint density at radius 3 is 1.78 bits per heavy atom. The van der Waals surface area contributed by atoms with E-state index >= 15 is 0 Å². The van der Waals surface area contributed by atoms with Crippen LogP contribution < -0.4 is 9.47 Å². The molecule has 0 saturated carbocycles. The molecular weight excluding hydrogens is 584 g/mol. The van der Waals surface area contributed by atoms with Gasteiger partial charge in [-0.15, -0.1) is 0 Å². The van der Waals surface area contributed by atoms with Crippen LogP contribution in [-0.4, -0.2) is 56.1 Å². The van der Waals surface area contributed by atoms with Crippen molar-refractivity contribution < 1.29 is 14.3 Å². The molecule has 1 aliphatic heterocycles. The van der Waals surface area contributed by atoms with Crippen LogP contribution in [0.25, 0.3) is 0 Å². The smallest absolute Gasteiger partial charge is 0.226 e. The summed E-state index contributed by atoms with van der Waals surface area (Å²) in [6.07, 6.45) is 1.40. The minimum atomic E-state index is -0.128. The normalized spacial score (nSPS) is 14.2.